The molecule has 5 aliphatic rings. The first-order valence-corrected chi connectivity index (χ1v) is 11.3. The summed E-state index contributed by atoms with van der Waals surface area (Å²) < 4.78 is 5.14. The van der Waals surface area contributed by atoms with Gasteiger partial charge in [-0.05, 0) is 86.0 Å². The topological polar surface area (TPSA) is 107 Å². The van der Waals surface area contributed by atoms with E-state index in [2.05, 4.69) is 0 Å². The number of carbonyl (C=O) groups excluding carboxylic acids is 1. The van der Waals surface area contributed by atoms with E-state index in [9.17, 15) is 25.2 Å². The van der Waals surface area contributed by atoms with E-state index < -0.39 is 17.1 Å². The van der Waals surface area contributed by atoms with Crippen LogP contribution in [-0.4, -0.2) is 57.4 Å². The van der Waals surface area contributed by atoms with Gasteiger partial charge in [0.2, 0.25) is 0 Å². The van der Waals surface area contributed by atoms with Crippen molar-refractivity contribution >= 4 is 5.97 Å². The predicted molar refractivity (Wildman–Crippen MR) is 105 cm³/mol. The number of ether oxygens (including phenoxy) is 1. The van der Waals surface area contributed by atoms with Gasteiger partial charge in [0.1, 0.15) is 6.61 Å². The Kier molecular flexibility index (Phi) is 4.49. The first kappa shape index (κ1) is 20.0. The van der Waals surface area contributed by atoms with E-state index in [1.165, 1.54) is 0 Å². The number of aliphatic hydroxyl groups excluding tert-OH is 3. The van der Waals surface area contributed by atoms with E-state index >= 15 is 0 Å². The summed E-state index contributed by atoms with van der Waals surface area (Å²) in [5.41, 5.74) is -1.15. The summed E-state index contributed by atoms with van der Waals surface area (Å²) in [4.78, 5) is 11.7. The second-order valence-electron chi connectivity index (χ2n) is 10.7. The van der Waals surface area contributed by atoms with E-state index in [0.29, 0.717) is 25.7 Å². The van der Waals surface area contributed by atoms with Gasteiger partial charge in [0.15, 0.2) is 0 Å². The van der Waals surface area contributed by atoms with E-state index in [4.69, 9.17) is 4.74 Å². The third-order valence-corrected chi connectivity index (χ3v) is 10.0. The summed E-state index contributed by atoms with van der Waals surface area (Å²) in [6, 6.07) is 0. The lowest BCUT2D eigenvalue weighted by atomic mass is 9.42. The molecule has 4 fully saturated rings. The second-order valence-corrected chi connectivity index (χ2v) is 10.7. The van der Waals surface area contributed by atoms with Gasteiger partial charge in [0.05, 0.1) is 17.8 Å². The molecule has 4 saturated carbocycles. The lowest BCUT2D eigenvalue weighted by molar-refractivity contribution is -0.252. The molecule has 0 aromatic carbocycles. The lowest BCUT2D eigenvalue weighted by Crippen LogP contribution is -2.68. The molecule has 0 aromatic rings. The molecule has 5 rings (SSSR count). The van der Waals surface area contributed by atoms with E-state index in [1.54, 1.807) is 6.08 Å². The molecule has 0 radical (unpaired) electrons. The largest absolute Gasteiger partial charge is 0.458 e. The Morgan fingerprint density at radius 1 is 1.10 bits per heavy atom. The number of aliphatic hydroxyl groups is 4. The number of fused-ring (bicyclic) bond motifs is 5. The molecule has 4 aliphatic carbocycles. The summed E-state index contributed by atoms with van der Waals surface area (Å²) in [6.45, 7) is 2.32. The molecule has 6 nitrogen and oxygen atoms in total. The van der Waals surface area contributed by atoms with Crippen LogP contribution in [0.4, 0.5) is 0 Å². The van der Waals surface area contributed by atoms with Crippen LogP contribution in [0.3, 0.4) is 0 Å². The van der Waals surface area contributed by atoms with Crippen molar-refractivity contribution in [3.63, 3.8) is 0 Å². The first-order chi connectivity index (χ1) is 13.8. The number of hydrogen-bond acceptors (Lipinski definition) is 6. The Morgan fingerprint density at radius 3 is 2.59 bits per heavy atom. The van der Waals surface area contributed by atoms with Crippen LogP contribution in [0.2, 0.25) is 0 Å². The van der Waals surface area contributed by atoms with Crippen molar-refractivity contribution in [1.82, 2.24) is 0 Å². The van der Waals surface area contributed by atoms with Gasteiger partial charge in [-0.15, -0.1) is 0 Å². The van der Waals surface area contributed by atoms with Crippen LogP contribution in [0.25, 0.3) is 0 Å². The molecule has 1 heterocycles. The van der Waals surface area contributed by atoms with Gasteiger partial charge < -0.3 is 25.2 Å². The van der Waals surface area contributed by atoms with Crippen LogP contribution >= 0.6 is 0 Å². The summed E-state index contributed by atoms with van der Waals surface area (Å²) in [5, 5.41) is 44.3. The molecule has 0 bridgehead atoms. The monoisotopic (exact) mass is 406 g/mol. The van der Waals surface area contributed by atoms with E-state index in [-0.39, 0.29) is 54.4 Å². The average Bonchev–Trinajstić information content (AvgIpc) is 3.24. The van der Waals surface area contributed by atoms with Gasteiger partial charge in [0, 0.05) is 18.1 Å². The third-order valence-electron chi connectivity index (χ3n) is 10.0. The molecule has 0 aromatic heterocycles. The Morgan fingerprint density at radius 2 is 1.90 bits per heavy atom. The van der Waals surface area contributed by atoms with Crippen molar-refractivity contribution in [2.45, 2.75) is 76.1 Å². The van der Waals surface area contributed by atoms with Gasteiger partial charge in [-0.2, -0.15) is 0 Å². The Bertz CT molecular complexity index is 735. The highest BCUT2D eigenvalue weighted by Gasteiger charge is 2.71. The second kappa shape index (κ2) is 6.52. The van der Waals surface area contributed by atoms with E-state index in [0.717, 1.165) is 31.3 Å². The van der Waals surface area contributed by atoms with Gasteiger partial charge in [-0.1, -0.05) is 6.92 Å². The van der Waals surface area contributed by atoms with Gasteiger partial charge in [0.25, 0.3) is 0 Å². The lowest BCUT2D eigenvalue weighted by Gasteiger charge is -2.65. The minimum absolute atomic E-state index is 0.0261. The first-order valence-electron chi connectivity index (χ1n) is 11.3. The van der Waals surface area contributed by atoms with Crippen LogP contribution in [0.5, 0.6) is 0 Å². The van der Waals surface area contributed by atoms with Crippen LogP contribution in [0, 0.1) is 34.5 Å². The highest BCUT2D eigenvalue weighted by atomic mass is 16.5. The number of esters is 1. The highest BCUT2D eigenvalue weighted by Crippen LogP contribution is 2.69. The van der Waals surface area contributed by atoms with Crippen molar-refractivity contribution in [3.05, 3.63) is 11.6 Å². The van der Waals surface area contributed by atoms with E-state index in [1.807, 2.05) is 6.92 Å². The molecule has 9 atom stereocenters. The molecular weight excluding hydrogens is 372 g/mol. The van der Waals surface area contributed by atoms with Crippen LogP contribution in [-0.2, 0) is 9.53 Å². The zero-order valence-corrected chi connectivity index (χ0v) is 17.2. The minimum atomic E-state index is -1.02. The summed E-state index contributed by atoms with van der Waals surface area (Å²) in [5.74, 6) is -0.0637. The standard InChI is InChI=1S/C23H34O6/c1-21-16(13-8-20(27)29-11-13)5-7-23(21,28)17-3-2-14-9-15(25)4-6-22(14,12-24)18(17)10-19(21)26/h8,14-19,24-26,28H,2-7,9-12H2,1H3/t14-,15-,16+,17+,18?,19+,21-,22+,23-/m0/s1. The third kappa shape index (κ3) is 2.46. The van der Waals surface area contributed by atoms with Crippen molar-refractivity contribution in [3.8, 4) is 0 Å². The Hall–Kier alpha value is -0.950. The smallest absolute Gasteiger partial charge is 0.331 e. The molecule has 0 amide bonds. The van der Waals surface area contributed by atoms with Gasteiger partial charge in [-0.25, -0.2) is 4.79 Å². The molecule has 6 heteroatoms. The van der Waals surface area contributed by atoms with Gasteiger partial charge in [-0.3, -0.25) is 0 Å². The number of cyclic esters (lactones) is 1. The molecule has 0 spiro atoms. The van der Waals surface area contributed by atoms with Crippen molar-refractivity contribution in [1.29, 1.82) is 0 Å². The Labute approximate surface area is 172 Å². The van der Waals surface area contributed by atoms with Crippen LogP contribution in [0.15, 0.2) is 11.6 Å². The quantitative estimate of drug-likeness (QED) is 0.519. The minimum Gasteiger partial charge on any atom is -0.458 e. The number of rotatable bonds is 2. The fraction of sp³-hybridized carbons (Fsp3) is 0.870. The number of hydrogen-bond donors (Lipinski definition) is 4. The van der Waals surface area contributed by atoms with Crippen molar-refractivity contribution < 1.29 is 30.0 Å². The zero-order valence-electron chi connectivity index (χ0n) is 17.2. The molecule has 1 aliphatic heterocycles. The average molecular weight is 407 g/mol. The summed E-state index contributed by atoms with van der Waals surface area (Å²) >= 11 is 0. The summed E-state index contributed by atoms with van der Waals surface area (Å²) in [7, 11) is 0. The maximum Gasteiger partial charge on any atom is 0.331 e. The Balaban J connectivity index is 1.53. The highest BCUT2D eigenvalue weighted by molar-refractivity contribution is 5.85. The molecule has 29 heavy (non-hydrogen) atoms. The van der Waals surface area contributed by atoms with Gasteiger partial charge >= 0.3 is 5.97 Å². The molecule has 4 N–H and O–H groups in total. The molecule has 162 valence electrons. The number of carbonyl (C=O) groups is 1. The van der Waals surface area contributed by atoms with Crippen LogP contribution < -0.4 is 0 Å². The molecular formula is C23H34O6. The van der Waals surface area contributed by atoms with Crippen LogP contribution in [0.1, 0.15) is 58.3 Å². The van der Waals surface area contributed by atoms with Crippen molar-refractivity contribution in [2.75, 3.05) is 13.2 Å². The van der Waals surface area contributed by atoms with Crippen molar-refractivity contribution in [2.24, 2.45) is 34.5 Å². The SMILES string of the molecule is C[C@]12[C@H](O)CC3[C@@H](CC[C@H]4C[C@@H](O)CC[C@]34CO)[C@@]1(O)CC[C@@H]2C1=CC(=O)OC1. The maximum atomic E-state index is 12.1. The summed E-state index contributed by atoms with van der Waals surface area (Å²) in [6.07, 6.45) is 6.37. The normalized spacial score (nSPS) is 54.2. The zero-order chi connectivity index (χ0) is 20.6. The fourth-order valence-corrected chi connectivity index (χ4v) is 8.48. The molecule has 0 saturated heterocycles. The maximum absolute atomic E-state index is 12.1. The molecule has 1 unspecified atom stereocenters. The fourth-order valence-electron chi connectivity index (χ4n) is 8.48. The predicted octanol–water partition coefficient (Wildman–Crippen LogP) is 1.55.